The minimum atomic E-state index is -0.152. The van der Waals surface area contributed by atoms with E-state index in [1.807, 2.05) is 24.3 Å². The molecule has 4 nitrogen and oxygen atoms in total. The fraction of sp³-hybridized carbons (Fsp3) is 0.455. The second kappa shape index (κ2) is 7.10. The minimum absolute atomic E-state index is 0.152. The number of nitrogens with one attached hydrogen (secondary N) is 1. The Balaban J connectivity index is 1.70. The number of aryl methyl sites for hydroxylation is 2. The highest BCUT2D eigenvalue weighted by Gasteiger charge is 2.29. The van der Waals surface area contributed by atoms with Gasteiger partial charge < -0.3 is 4.57 Å². The van der Waals surface area contributed by atoms with E-state index in [0.717, 1.165) is 24.2 Å². The van der Waals surface area contributed by atoms with Crippen LogP contribution in [0.3, 0.4) is 0 Å². The van der Waals surface area contributed by atoms with Gasteiger partial charge in [0.05, 0.1) is 0 Å². The molecule has 138 valence electrons. The summed E-state index contributed by atoms with van der Waals surface area (Å²) in [5.74, 6) is 0.461. The zero-order valence-corrected chi connectivity index (χ0v) is 16.5. The lowest BCUT2D eigenvalue weighted by Crippen LogP contribution is -2.30. The topological polar surface area (TPSA) is 46.4 Å². The van der Waals surface area contributed by atoms with Crippen molar-refractivity contribution in [2.45, 2.75) is 53.9 Å². The summed E-state index contributed by atoms with van der Waals surface area (Å²) in [5, 5.41) is 4.42. The van der Waals surface area contributed by atoms with Gasteiger partial charge in [-0.25, -0.2) is 5.43 Å². The molecular weight excluding hydrogens is 322 g/mol. The zero-order chi connectivity index (χ0) is 18.9. The molecule has 0 aliphatic heterocycles. The number of amides is 1. The molecule has 1 aromatic heterocycles. The Morgan fingerprint density at radius 2 is 1.73 bits per heavy atom. The molecule has 3 rings (SSSR count). The fourth-order valence-corrected chi connectivity index (χ4v) is 4.23. The average Bonchev–Trinajstić information content (AvgIpc) is 2.90. The molecule has 1 heterocycles. The summed E-state index contributed by atoms with van der Waals surface area (Å²) in [7, 11) is 0. The third-order valence-corrected chi connectivity index (χ3v) is 5.14. The van der Waals surface area contributed by atoms with Gasteiger partial charge in [0.2, 0.25) is 0 Å². The number of carbonyl (C=O) groups excluding carboxylic acids is 1. The SMILES string of the molecule is Cc1ccc(C)n1-c1ccc(C(=O)N/N=C2/CC(C)CC(C)(C)C2)cc1. The van der Waals surface area contributed by atoms with E-state index in [1.54, 1.807) is 0 Å². The first-order valence-electron chi connectivity index (χ1n) is 9.36. The number of aromatic nitrogens is 1. The van der Waals surface area contributed by atoms with Crippen molar-refractivity contribution < 1.29 is 4.79 Å². The van der Waals surface area contributed by atoms with Crippen molar-refractivity contribution in [2.75, 3.05) is 0 Å². The number of benzene rings is 1. The highest BCUT2D eigenvalue weighted by atomic mass is 16.2. The molecule has 1 aliphatic carbocycles. The van der Waals surface area contributed by atoms with Crippen molar-refractivity contribution in [2.24, 2.45) is 16.4 Å². The van der Waals surface area contributed by atoms with Crippen molar-refractivity contribution >= 4 is 11.6 Å². The van der Waals surface area contributed by atoms with E-state index in [1.165, 1.54) is 17.8 Å². The first kappa shape index (κ1) is 18.4. The molecule has 4 heteroatoms. The lowest BCUT2D eigenvalue weighted by Gasteiger charge is -2.34. The van der Waals surface area contributed by atoms with Gasteiger partial charge in [0.1, 0.15) is 0 Å². The molecule has 1 atom stereocenters. The number of nitrogens with zero attached hydrogens (tertiary/aromatic N) is 2. The van der Waals surface area contributed by atoms with E-state index in [4.69, 9.17) is 0 Å². The lowest BCUT2D eigenvalue weighted by atomic mass is 9.72. The summed E-state index contributed by atoms with van der Waals surface area (Å²) in [5.41, 5.74) is 8.16. The Bertz CT molecular complexity index is 808. The van der Waals surface area contributed by atoms with Crippen LogP contribution in [0.2, 0.25) is 0 Å². The average molecular weight is 351 g/mol. The van der Waals surface area contributed by atoms with Crippen molar-refractivity contribution in [3.8, 4) is 5.69 Å². The zero-order valence-electron chi connectivity index (χ0n) is 16.5. The fourth-order valence-electron chi connectivity index (χ4n) is 4.23. The summed E-state index contributed by atoms with van der Waals surface area (Å²) < 4.78 is 2.17. The van der Waals surface area contributed by atoms with Crippen LogP contribution in [0.1, 0.15) is 61.8 Å². The van der Waals surface area contributed by atoms with Crippen molar-refractivity contribution in [3.63, 3.8) is 0 Å². The van der Waals surface area contributed by atoms with E-state index in [-0.39, 0.29) is 11.3 Å². The second-order valence-electron chi connectivity index (χ2n) is 8.47. The Morgan fingerprint density at radius 1 is 1.12 bits per heavy atom. The number of hydrogen-bond acceptors (Lipinski definition) is 2. The minimum Gasteiger partial charge on any atom is -0.319 e. The first-order valence-corrected chi connectivity index (χ1v) is 9.36. The predicted molar refractivity (Wildman–Crippen MR) is 107 cm³/mol. The molecule has 0 radical (unpaired) electrons. The smallest absolute Gasteiger partial charge is 0.271 e. The second-order valence-corrected chi connectivity index (χ2v) is 8.47. The molecule has 0 spiro atoms. The van der Waals surface area contributed by atoms with Crippen LogP contribution in [0.5, 0.6) is 0 Å². The Labute approximate surface area is 156 Å². The molecule has 1 saturated carbocycles. The van der Waals surface area contributed by atoms with E-state index in [2.05, 4.69) is 61.8 Å². The van der Waals surface area contributed by atoms with Gasteiger partial charge in [-0.05, 0) is 80.8 Å². The largest absolute Gasteiger partial charge is 0.319 e. The highest BCUT2D eigenvalue weighted by Crippen LogP contribution is 2.36. The number of rotatable bonds is 3. The molecule has 1 amide bonds. The van der Waals surface area contributed by atoms with Gasteiger partial charge in [0.25, 0.3) is 5.91 Å². The maximum atomic E-state index is 12.4. The molecule has 1 fully saturated rings. The van der Waals surface area contributed by atoms with E-state index in [0.29, 0.717) is 11.5 Å². The van der Waals surface area contributed by atoms with E-state index < -0.39 is 0 Å². The number of carbonyl (C=O) groups is 1. The van der Waals surface area contributed by atoms with Gasteiger partial charge in [0, 0.05) is 28.4 Å². The summed E-state index contributed by atoms with van der Waals surface area (Å²) in [6.07, 6.45) is 3.12. The Hall–Kier alpha value is -2.36. The monoisotopic (exact) mass is 351 g/mol. The summed E-state index contributed by atoms with van der Waals surface area (Å²) in [6.45, 7) is 10.9. The van der Waals surface area contributed by atoms with Crippen LogP contribution in [0.4, 0.5) is 0 Å². The van der Waals surface area contributed by atoms with Gasteiger partial charge >= 0.3 is 0 Å². The molecule has 0 bridgehead atoms. The van der Waals surface area contributed by atoms with Gasteiger partial charge in [-0.1, -0.05) is 20.8 Å². The van der Waals surface area contributed by atoms with Crippen molar-refractivity contribution in [3.05, 3.63) is 53.3 Å². The van der Waals surface area contributed by atoms with E-state index in [9.17, 15) is 4.79 Å². The molecule has 26 heavy (non-hydrogen) atoms. The van der Waals surface area contributed by atoms with Crippen LogP contribution in [0.25, 0.3) is 5.69 Å². The van der Waals surface area contributed by atoms with Crippen molar-refractivity contribution in [1.82, 2.24) is 9.99 Å². The maximum Gasteiger partial charge on any atom is 0.271 e. The third kappa shape index (κ3) is 4.06. The van der Waals surface area contributed by atoms with Crippen LogP contribution in [0, 0.1) is 25.2 Å². The van der Waals surface area contributed by atoms with Crippen LogP contribution >= 0.6 is 0 Å². The Morgan fingerprint density at radius 3 is 2.31 bits per heavy atom. The maximum absolute atomic E-state index is 12.4. The van der Waals surface area contributed by atoms with Gasteiger partial charge in [0.15, 0.2) is 0 Å². The molecule has 1 N–H and O–H groups in total. The molecule has 2 aromatic rings. The first-order chi connectivity index (χ1) is 12.2. The Kier molecular flexibility index (Phi) is 5.03. The third-order valence-electron chi connectivity index (χ3n) is 5.14. The molecule has 0 saturated heterocycles. The van der Waals surface area contributed by atoms with Crippen LogP contribution < -0.4 is 5.43 Å². The van der Waals surface area contributed by atoms with Gasteiger partial charge in [-0.2, -0.15) is 5.10 Å². The number of hydrazone groups is 1. The van der Waals surface area contributed by atoms with Gasteiger partial charge in [-0.3, -0.25) is 4.79 Å². The van der Waals surface area contributed by atoms with Crippen LogP contribution in [-0.4, -0.2) is 16.2 Å². The molecular formula is C22H29N3O. The lowest BCUT2D eigenvalue weighted by molar-refractivity contribution is 0.0954. The van der Waals surface area contributed by atoms with Crippen LogP contribution in [-0.2, 0) is 0 Å². The quantitative estimate of drug-likeness (QED) is 0.775. The van der Waals surface area contributed by atoms with E-state index >= 15 is 0 Å². The van der Waals surface area contributed by atoms with Crippen LogP contribution in [0.15, 0.2) is 41.5 Å². The molecule has 1 aliphatic rings. The standard InChI is InChI=1S/C22H29N3O/c1-15-12-19(14-22(4,5)13-15)23-24-21(26)18-8-10-20(11-9-18)25-16(2)6-7-17(25)3/h6-11,15H,12-14H2,1-5H3,(H,24,26)/b23-19-. The molecule has 1 unspecified atom stereocenters. The molecule has 1 aromatic carbocycles. The number of hydrogen-bond donors (Lipinski definition) is 1. The summed E-state index contributed by atoms with van der Waals surface area (Å²) in [6, 6.07) is 11.9. The summed E-state index contributed by atoms with van der Waals surface area (Å²) >= 11 is 0. The highest BCUT2D eigenvalue weighted by molar-refractivity contribution is 5.95. The normalized spacial score (nSPS) is 21.0. The summed E-state index contributed by atoms with van der Waals surface area (Å²) in [4.78, 5) is 12.4. The van der Waals surface area contributed by atoms with Crippen molar-refractivity contribution in [1.29, 1.82) is 0 Å². The predicted octanol–water partition coefficient (Wildman–Crippen LogP) is 5.03. The van der Waals surface area contributed by atoms with Gasteiger partial charge in [-0.15, -0.1) is 0 Å².